The van der Waals surface area contributed by atoms with E-state index in [1.54, 1.807) is 6.07 Å². The van der Waals surface area contributed by atoms with Crippen molar-refractivity contribution in [3.8, 4) is 0 Å². The summed E-state index contributed by atoms with van der Waals surface area (Å²) >= 11 is 0. The molecular weight excluding hydrogens is 259 g/mol. The Morgan fingerprint density at radius 2 is 1.68 bits per heavy atom. The second kappa shape index (κ2) is 7.09. The Hall–Kier alpha value is -2.45. The molecule has 104 valence electrons. The molecule has 1 aromatic rings. The van der Waals surface area contributed by atoms with Crippen LogP contribution in [0, 0.1) is 16.2 Å². The van der Waals surface area contributed by atoms with Gasteiger partial charge in [0.1, 0.15) is 26.5 Å². The molecule has 1 aromatic carbocycles. The maximum atomic E-state index is 13.5. The van der Waals surface area contributed by atoms with Crippen LogP contribution in [0.15, 0.2) is 34.8 Å². The van der Waals surface area contributed by atoms with Crippen LogP contribution in [0.4, 0.5) is 4.39 Å². The lowest BCUT2D eigenvalue weighted by Gasteiger charge is -2.10. The standard InChI is InChI=1S/C10H13FN4O4/c1-18-12-14(16)10(15(17)13-19-2)7-8-5-3-4-6-9(8)11/h3-6,10H,7H2,1-2H3/b14-12-,15-13-. The fraction of sp³-hybridized carbons (Fsp3) is 0.400. The van der Waals surface area contributed by atoms with Gasteiger partial charge in [0.2, 0.25) is 10.6 Å². The summed E-state index contributed by atoms with van der Waals surface area (Å²) in [6.45, 7) is 0. The van der Waals surface area contributed by atoms with Crippen LogP contribution in [0.1, 0.15) is 5.56 Å². The van der Waals surface area contributed by atoms with Crippen LogP contribution < -0.4 is 0 Å². The van der Waals surface area contributed by atoms with Gasteiger partial charge in [-0.25, -0.2) is 4.39 Å². The highest BCUT2D eigenvalue weighted by molar-refractivity contribution is 5.17. The van der Waals surface area contributed by atoms with Gasteiger partial charge < -0.3 is 20.1 Å². The summed E-state index contributed by atoms with van der Waals surface area (Å²) in [4.78, 5) is 8.53. The molecule has 0 amide bonds. The van der Waals surface area contributed by atoms with Crippen LogP contribution in [0.3, 0.4) is 0 Å². The molecule has 0 fully saturated rings. The van der Waals surface area contributed by atoms with Crippen LogP contribution >= 0.6 is 0 Å². The second-order valence-corrected chi connectivity index (χ2v) is 3.41. The predicted molar refractivity (Wildman–Crippen MR) is 60.0 cm³/mol. The molecule has 0 aromatic heterocycles. The normalized spacial score (nSPS) is 14.1. The fourth-order valence-corrected chi connectivity index (χ4v) is 1.37. The van der Waals surface area contributed by atoms with E-state index in [-0.39, 0.29) is 21.7 Å². The first-order valence-corrected chi connectivity index (χ1v) is 5.24. The van der Waals surface area contributed by atoms with E-state index in [1.165, 1.54) is 18.2 Å². The summed E-state index contributed by atoms with van der Waals surface area (Å²) in [5.74, 6) is -0.538. The van der Waals surface area contributed by atoms with Crippen molar-refractivity contribution in [1.82, 2.24) is 0 Å². The minimum atomic E-state index is -1.43. The molecule has 0 aliphatic rings. The predicted octanol–water partition coefficient (Wildman–Crippen LogP) is 1.74. The average molecular weight is 272 g/mol. The molecule has 8 nitrogen and oxygen atoms in total. The second-order valence-electron chi connectivity index (χ2n) is 3.41. The zero-order valence-corrected chi connectivity index (χ0v) is 10.4. The molecule has 0 saturated carbocycles. The summed E-state index contributed by atoms with van der Waals surface area (Å²) in [5.41, 5.74) is 0.173. The molecule has 9 heteroatoms. The topological polar surface area (TPSA) is 95.3 Å². The number of rotatable bonds is 6. The molecule has 0 radical (unpaired) electrons. The summed E-state index contributed by atoms with van der Waals surface area (Å²) < 4.78 is 13.5. The highest BCUT2D eigenvalue weighted by Gasteiger charge is 2.31. The molecule has 19 heavy (non-hydrogen) atoms. The van der Waals surface area contributed by atoms with Gasteiger partial charge in [0.25, 0.3) is 0 Å². The van der Waals surface area contributed by atoms with Gasteiger partial charge in [-0.2, -0.15) is 0 Å². The molecule has 0 saturated heterocycles. The molecule has 0 bridgehead atoms. The van der Waals surface area contributed by atoms with Crippen molar-refractivity contribution < 1.29 is 23.8 Å². The number of hydrogen-bond acceptors (Lipinski definition) is 6. The summed E-state index contributed by atoms with van der Waals surface area (Å²) in [6.07, 6.45) is -1.67. The third-order valence-electron chi connectivity index (χ3n) is 2.19. The van der Waals surface area contributed by atoms with Gasteiger partial charge in [-0.15, -0.1) is 0 Å². The van der Waals surface area contributed by atoms with E-state index in [0.717, 1.165) is 14.2 Å². The average Bonchev–Trinajstić information content (AvgIpc) is 2.38. The quantitative estimate of drug-likeness (QED) is 0.341. The summed E-state index contributed by atoms with van der Waals surface area (Å²) in [6, 6.07) is 5.75. The minimum absolute atomic E-state index is 0.0119. The smallest absolute Gasteiger partial charge is 0.420 e. The van der Waals surface area contributed by atoms with Gasteiger partial charge in [0.05, 0.1) is 0 Å². The SMILES string of the molecule is CO/N=[N+](\[O-])C(Cc1ccccc1F)/[N+]([O-])=N/OC. The van der Waals surface area contributed by atoms with Crippen molar-refractivity contribution in [2.24, 2.45) is 10.6 Å². The van der Waals surface area contributed by atoms with Crippen LogP contribution in [-0.2, 0) is 16.1 Å². The summed E-state index contributed by atoms with van der Waals surface area (Å²) in [7, 11) is 2.29. The molecule has 0 unspecified atom stereocenters. The Balaban J connectivity index is 3.02. The van der Waals surface area contributed by atoms with Crippen LogP contribution in [-0.4, -0.2) is 30.1 Å². The number of hydrogen-bond donors (Lipinski definition) is 0. The molecule has 0 heterocycles. The first-order valence-electron chi connectivity index (χ1n) is 5.24. The van der Waals surface area contributed by atoms with E-state index in [9.17, 15) is 14.8 Å². The zero-order valence-electron chi connectivity index (χ0n) is 10.4. The number of hydroxylamine groups is 2. The Morgan fingerprint density at radius 1 is 1.16 bits per heavy atom. The third kappa shape index (κ3) is 4.05. The van der Waals surface area contributed by atoms with Crippen molar-refractivity contribution >= 4 is 0 Å². The number of halogens is 1. The molecule has 0 aliphatic carbocycles. The molecule has 0 atom stereocenters. The van der Waals surface area contributed by atoms with E-state index in [0.29, 0.717) is 0 Å². The van der Waals surface area contributed by atoms with Gasteiger partial charge in [-0.05, 0) is 6.07 Å². The zero-order chi connectivity index (χ0) is 14.3. The van der Waals surface area contributed by atoms with Gasteiger partial charge in [-0.3, -0.25) is 0 Å². The monoisotopic (exact) mass is 272 g/mol. The van der Waals surface area contributed by atoms with Crippen molar-refractivity contribution in [2.45, 2.75) is 12.6 Å². The van der Waals surface area contributed by atoms with Crippen molar-refractivity contribution in [3.63, 3.8) is 0 Å². The number of nitrogens with zero attached hydrogens (tertiary/aromatic N) is 4. The third-order valence-corrected chi connectivity index (χ3v) is 2.19. The van der Waals surface area contributed by atoms with Crippen molar-refractivity contribution in [1.29, 1.82) is 0 Å². The van der Waals surface area contributed by atoms with E-state index in [4.69, 9.17) is 0 Å². The molecule has 0 spiro atoms. The van der Waals surface area contributed by atoms with E-state index in [2.05, 4.69) is 20.2 Å². The Labute approximate surface area is 108 Å². The van der Waals surface area contributed by atoms with E-state index in [1.807, 2.05) is 0 Å². The van der Waals surface area contributed by atoms with Crippen molar-refractivity contribution in [2.75, 3.05) is 14.2 Å². The van der Waals surface area contributed by atoms with Gasteiger partial charge in [-0.1, -0.05) is 18.2 Å². The van der Waals surface area contributed by atoms with Crippen LogP contribution in [0.2, 0.25) is 0 Å². The minimum Gasteiger partial charge on any atom is -0.592 e. The highest BCUT2D eigenvalue weighted by Crippen LogP contribution is 2.12. The fourth-order valence-electron chi connectivity index (χ4n) is 1.37. The lowest BCUT2D eigenvalue weighted by molar-refractivity contribution is -0.796. The first kappa shape index (κ1) is 14.6. The lowest BCUT2D eigenvalue weighted by atomic mass is 10.1. The van der Waals surface area contributed by atoms with Gasteiger partial charge in [0, 0.05) is 15.3 Å². The largest absolute Gasteiger partial charge is 0.592 e. The molecular formula is C10H13FN4O4. The first-order chi connectivity index (χ1) is 9.10. The van der Waals surface area contributed by atoms with E-state index >= 15 is 0 Å². The maximum absolute atomic E-state index is 13.5. The van der Waals surface area contributed by atoms with Gasteiger partial charge in [0.15, 0.2) is 0 Å². The van der Waals surface area contributed by atoms with Crippen LogP contribution in [0.25, 0.3) is 0 Å². The molecule has 0 N–H and O–H groups in total. The molecule has 1 rings (SSSR count). The number of benzene rings is 1. The Kier molecular flexibility index (Phi) is 5.45. The van der Waals surface area contributed by atoms with Gasteiger partial charge >= 0.3 is 6.17 Å². The Bertz CT molecular complexity index is 460. The lowest BCUT2D eigenvalue weighted by Crippen LogP contribution is -2.32. The Morgan fingerprint density at radius 3 is 2.16 bits per heavy atom. The maximum Gasteiger partial charge on any atom is 0.420 e. The summed E-state index contributed by atoms with van der Waals surface area (Å²) in [5, 5.41) is 29.1. The molecule has 0 aliphatic heterocycles. The van der Waals surface area contributed by atoms with E-state index < -0.39 is 12.0 Å². The highest BCUT2D eigenvalue weighted by atomic mass is 19.1. The van der Waals surface area contributed by atoms with Crippen molar-refractivity contribution in [3.05, 3.63) is 46.1 Å². The van der Waals surface area contributed by atoms with Crippen LogP contribution in [0.5, 0.6) is 0 Å².